The van der Waals surface area contributed by atoms with Gasteiger partial charge in [-0.25, -0.2) is 0 Å². The third kappa shape index (κ3) is 3.95. The molecule has 1 aliphatic heterocycles. The van der Waals surface area contributed by atoms with Crippen molar-refractivity contribution in [1.82, 2.24) is 4.90 Å². The average Bonchev–Trinajstić information content (AvgIpc) is 2.92. The molecule has 0 N–H and O–H groups in total. The molecule has 0 radical (unpaired) electrons. The molecule has 26 heavy (non-hydrogen) atoms. The second-order valence-electron chi connectivity index (χ2n) is 7.34. The second kappa shape index (κ2) is 7.98. The van der Waals surface area contributed by atoms with Gasteiger partial charge in [0.1, 0.15) is 17.3 Å². The van der Waals surface area contributed by atoms with Crippen LogP contribution < -0.4 is 4.74 Å². The van der Waals surface area contributed by atoms with Gasteiger partial charge in [-0.2, -0.15) is 0 Å². The Hall–Kier alpha value is -2.23. The van der Waals surface area contributed by atoms with E-state index < -0.39 is 0 Å². The molecule has 2 heterocycles. The number of benzene rings is 1. The van der Waals surface area contributed by atoms with E-state index in [1.165, 1.54) is 12.0 Å². The Bertz CT molecular complexity index is 752. The largest absolute Gasteiger partial charge is 0.497 e. The molecule has 0 saturated carbocycles. The maximum Gasteiger partial charge on any atom is 0.257 e. The fourth-order valence-corrected chi connectivity index (χ4v) is 3.85. The summed E-state index contributed by atoms with van der Waals surface area (Å²) in [6.45, 7) is 7.46. The van der Waals surface area contributed by atoms with Crippen molar-refractivity contribution < 1.29 is 13.9 Å². The highest BCUT2D eigenvalue weighted by Gasteiger charge is 2.27. The lowest BCUT2D eigenvalue weighted by Gasteiger charge is -2.32. The van der Waals surface area contributed by atoms with Crippen molar-refractivity contribution in [2.24, 2.45) is 5.92 Å². The van der Waals surface area contributed by atoms with Gasteiger partial charge >= 0.3 is 0 Å². The van der Waals surface area contributed by atoms with E-state index >= 15 is 0 Å². The molecule has 3 rings (SSSR count). The van der Waals surface area contributed by atoms with Crippen LogP contribution in [-0.4, -0.2) is 31.0 Å². The molecule has 1 aliphatic rings. The van der Waals surface area contributed by atoms with Crippen LogP contribution in [0.4, 0.5) is 0 Å². The number of rotatable bonds is 5. The Balaban J connectivity index is 1.51. The summed E-state index contributed by atoms with van der Waals surface area (Å²) < 4.78 is 10.8. The van der Waals surface area contributed by atoms with Crippen molar-refractivity contribution in [3.8, 4) is 5.75 Å². The van der Waals surface area contributed by atoms with Gasteiger partial charge in [0.2, 0.25) is 0 Å². The highest BCUT2D eigenvalue weighted by Crippen LogP contribution is 2.27. The summed E-state index contributed by atoms with van der Waals surface area (Å²) in [6, 6.07) is 8.33. The van der Waals surface area contributed by atoms with E-state index in [9.17, 15) is 4.79 Å². The van der Waals surface area contributed by atoms with Crippen molar-refractivity contribution in [3.63, 3.8) is 0 Å². The smallest absolute Gasteiger partial charge is 0.257 e. The normalized spacial score (nSPS) is 15.3. The summed E-state index contributed by atoms with van der Waals surface area (Å²) in [7, 11) is 1.69. The fraction of sp³-hybridized carbons (Fsp3) is 0.500. The molecule has 1 amide bonds. The summed E-state index contributed by atoms with van der Waals surface area (Å²) >= 11 is 0. The number of nitrogens with zero attached hydrogens (tertiary/aromatic N) is 1. The van der Waals surface area contributed by atoms with Crippen LogP contribution in [0.15, 0.2) is 28.7 Å². The summed E-state index contributed by atoms with van der Waals surface area (Å²) in [6.07, 6.45) is 4.42. The van der Waals surface area contributed by atoms with Crippen LogP contribution in [0, 0.1) is 26.7 Å². The van der Waals surface area contributed by atoms with Gasteiger partial charge in [0.05, 0.1) is 12.7 Å². The summed E-state index contributed by atoms with van der Waals surface area (Å²) in [5.74, 6) is 3.31. The molecule has 140 valence electrons. The van der Waals surface area contributed by atoms with Gasteiger partial charge in [-0.15, -0.1) is 0 Å². The fourth-order valence-electron chi connectivity index (χ4n) is 3.85. The van der Waals surface area contributed by atoms with Gasteiger partial charge in [-0.1, -0.05) is 12.1 Å². The predicted molar refractivity (Wildman–Crippen MR) is 103 cm³/mol. The molecule has 4 heteroatoms. The molecule has 1 fully saturated rings. The number of amides is 1. The average molecular weight is 355 g/mol. The summed E-state index contributed by atoms with van der Waals surface area (Å²) in [4.78, 5) is 14.8. The number of likely N-dealkylation sites (tertiary alicyclic amines) is 1. The molecule has 0 spiro atoms. The number of methoxy groups -OCH3 is 1. The molecular weight excluding hydrogens is 326 g/mol. The first-order valence-electron chi connectivity index (χ1n) is 9.48. The number of carbonyl (C=O) groups excluding carboxylic acids is 1. The third-order valence-corrected chi connectivity index (χ3v) is 5.68. The Kier molecular flexibility index (Phi) is 5.70. The maximum absolute atomic E-state index is 12.9. The standard InChI is InChI=1S/C22H29NO3/c1-15-16(2)26-17(3)21(15)22(24)23-13-11-19(12-14-23)6-5-18-7-9-20(25-4)10-8-18/h7-10,19H,5-6,11-14H2,1-4H3. The molecule has 0 aliphatic carbocycles. The van der Waals surface area contributed by atoms with Crippen molar-refractivity contribution >= 4 is 5.91 Å². The van der Waals surface area contributed by atoms with Crippen LogP contribution in [0.1, 0.15) is 52.3 Å². The van der Waals surface area contributed by atoms with Crippen molar-refractivity contribution in [2.45, 2.75) is 46.5 Å². The quantitative estimate of drug-likeness (QED) is 0.781. The number of hydrogen-bond donors (Lipinski definition) is 0. The molecule has 0 bridgehead atoms. The zero-order valence-electron chi connectivity index (χ0n) is 16.3. The summed E-state index contributed by atoms with van der Waals surface area (Å²) in [5.41, 5.74) is 3.10. The topological polar surface area (TPSA) is 42.7 Å². The van der Waals surface area contributed by atoms with E-state index in [2.05, 4.69) is 12.1 Å². The van der Waals surface area contributed by atoms with E-state index in [0.717, 1.165) is 60.7 Å². The molecule has 2 aromatic rings. The van der Waals surface area contributed by atoms with Crippen LogP contribution in [0.3, 0.4) is 0 Å². The predicted octanol–water partition coefficient (Wildman–Crippen LogP) is 4.70. The Morgan fingerprint density at radius 2 is 1.77 bits per heavy atom. The van der Waals surface area contributed by atoms with Crippen molar-refractivity contribution in [3.05, 3.63) is 52.5 Å². The number of piperidine rings is 1. The van der Waals surface area contributed by atoms with Crippen LogP contribution >= 0.6 is 0 Å². The van der Waals surface area contributed by atoms with Crippen LogP contribution in [-0.2, 0) is 6.42 Å². The molecule has 0 atom stereocenters. The van der Waals surface area contributed by atoms with E-state index in [-0.39, 0.29) is 5.91 Å². The van der Waals surface area contributed by atoms with Crippen molar-refractivity contribution in [2.75, 3.05) is 20.2 Å². The van der Waals surface area contributed by atoms with Gasteiger partial charge in [-0.3, -0.25) is 4.79 Å². The molecule has 1 aromatic heterocycles. The van der Waals surface area contributed by atoms with Gasteiger partial charge in [0.25, 0.3) is 5.91 Å². The molecular formula is C22H29NO3. The first kappa shape index (κ1) is 18.6. The van der Waals surface area contributed by atoms with E-state index in [1.807, 2.05) is 37.8 Å². The Labute approximate surface area is 156 Å². The zero-order chi connectivity index (χ0) is 18.7. The highest BCUT2D eigenvalue weighted by atomic mass is 16.5. The van der Waals surface area contributed by atoms with E-state index in [4.69, 9.17) is 9.15 Å². The van der Waals surface area contributed by atoms with Gasteiger partial charge < -0.3 is 14.1 Å². The van der Waals surface area contributed by atoms with Crippen LogP contribution in [0.25, 0.3) is 0 Å². The monoisotopic (exact) mass is 355 g/mol. The van der Waals surface area contributed by atoms with Gasteiger partial charge in [0, 0.05) is 18.7 Å². The number of furan rings is 1. The second-order valence-corrected chi connectivity index (χ2v) is 7.34. The maximum atomic E-state index is 12.9. The molecule has 1 aromatic carbocycles. The van der Waals surface area contributed by atoms with Crippen LogP contribution in [0.2, 0.25) is 0 Å². The minimum absolute atomic E-state index is 0.130. The molecule has 1 saturated heterocycles. The number of ether oxygens (including phenoxy) is 1. The minimum Gasteiger partial charge on any atom is -0.497 e. The lowest BCUT2D eigenvalue weighted by atomic mass is 9.90. The Morgan fingerprint density at radius 1 is 1.12 bits per heavy atom. The SMILES string of the molecule is COc1ccc(CCC2CCN(C(=O)c3c(C)oc(C)c3C)CC2)cc1. The third-order valence-electron chi connectivity index (χ3n) is 5.68. The lowest BCUT2D eigenvalue weighted by Crippen LogP contribution is -2.39. The molecule has 0 unspecified atom stereocenters. The number of carbonyl (C=O) groups is 1. The lowest BCUT2D eigenvalue weighted by molar-refractivity contribution is 0.0684. The van der Waals surface area contributed by atoms with E-state index in [1.54, 1.807) is 7.11 Å². The van der Waals surface area contributed by atoms with Crippen LogP contribution in [0.5, 0.6) is 5.75 Å². The minimum atomic E-state index is 0.130. The van der Waals surface area contributed by atoms with Crippen molar-refractivity contribution in [1.29, 1.82) is 0 Å². The zero-order valence-corrected chi connectivity index (χ0v) is 16.3. The summed E-state index contributed by atoms with van der Waals surface area (Å²) in [5, 5.41) is 0. The Morgan fingerprint density at radius 3 is 2.31 bits per heavy atom. The highest BCUT2D eigenvalue weighted by molar-refractivity contribution is 5.96. The number of aryl methyl sites for hydroxylation is 3. The molecule has 4 nitrogen and oxygen atoms in total. The van der Waals surface area contributed by atoms with Gasteiger partial charge in [-0.05, 0) is 70.1 Å². The first-order valence-corrected chi connectivity index (χ1v) is 9.48. The number of hydrogen-bond acceptors (Lipinski definition) is 3. The first-order chi connectivity index (χ1) is 12.5. The van der Waals surface area contributed by atoms with E-state index in [0.29, 0.717) is 5.92 Å². The van der Waals surface area contributed by atoms with Gasteiger partial charge in [0.15, 0.2) is 0 Å².